The van der Waals surface area contributed by atoms with Crippen LogP contribution in [-0.4, -0.2) is 11.8 Å². The first-order valence-corrected chi connectivity index (χ1v) is 9.36. The van der Waals surface area contributed by atoms with E-state index in [1.807, 2.05) is 42.5 Å². The van der Waals surface area contributed by atoms with Crippen LogP contribution in [-0.2, 0) is 17.8 Å². The summed E-state index contributed by atoms with van der Waals surface area (Å²) in [5, 5.41) is 7.87. The number of carbonyl (C=O) groups excluding carboxylic acids is 2. The number of fused-ring (bicyclic) bond motifs is 1. The molecule has 144 valence electrons. The van der Waals surface area contributed by atoms with Gasteiger partial charge in [-0.1, -0.05) is 42.5 Å². The van der Waals surface area contributed by atoms with Gasteiger partial charge in [-0.3, -0.25) is 9.59 Å². The molecule has 3 aromatic carbocycles. The van der Waals surface area contributed by atoms with Gasteiger partial charge in [-0.15, -0.1) is 0 Å². The van der Waals surface area contributed by atoms with Crippen LogP contribution < -0.4 is 10.6 Å². The van der Waals surface area contributed by atoms with E-state index >= 15 is 0 Å². The third-order valence-electron chi connectivity index (χ3n) is 4.67. The van der Waals surface area contributed by atoms with E-state index in [1.165, 1.54) is 0 Å². The van der Waals surface area contributed by atoms with Crippen LogP contribution in [0, 0.1) is 0 Å². The van der Waals surface area contributed by atoms with Crippen LogP contribution in [0.1, 0.15) is 21.7 Å². The predicted molar refractivity (Wildman–Crippen MR) is 113 cm³/mol. The summed E-state index contributed by atoms with van der Waals surface area (Å²) in [5.41, 5.74) is 2.15. The summed E-state index contributed by atoms with van der Waals surface area (Å²) in [7, 11) is 0. The van der Waals surface area contributed by atoms with E-state index < -0.39 is 0 Å². The summed E-state index contributed by atoms with van der Waals surface area (Å²) < 4.78 is 5.20. The molecule has 4 rings (SSSR count). The largest absolute Gasteiger partial charge is 0.467 e. The molecular weight excluding hydrogens is 364 g/mol. The van der Waals surface area contributed by atoms with Crippen molar-refractivity contribution >= 4 is 28.3 Å². The van der Waals surface area contributed by atoms with E-state index in [0.717, 1.165) is 16.3 Å². The zero-order valence-corrected chi connectivity index (χ0v) is 15.7. The molecule has 0 unspecified atom stereocenters. The van der Waals surface area contributed by atoms with Crippen LogP contribution in [0.5, 0.6) is 0 Å². The second kappa shape index (κ2) is 8.44. The quantitative estimate of drug-likeness (QED) is 0.512. The Labute approximate surface area is 168 Å². The molecule has 0 spiro atoms. The Balaban J connectivity index is 1.36. The fourth-order valence-electron chi connectivity index (χ4n) is 3.21. The van der Waals surface area contributed by atoms with Crippen molar-refractivity contribution in [1.82, 2.24) is 5.32 Å². The highest BCUT2D eigenvalue weighted by Crippen LogP contribution is 2.19. The number of hydrogen-bond acceptors (Lipinski definition) is 3. The minimum absolute atomic E-state index is 0.101. The number of rotatable bonds is 6. The molecule has 2 amide bonds. The molecule has 29 heavy (non-hydrogen) atoms. The molecule has 1 aromatic heterocycles. The van der Waals surface area contributed by atoms with Gasteiger partial charge in [-0.25, -0.2) is 0 Å². The van der Waals surface area contributed by atoms with Gasteiger partial charge in [0.05, 0.1) is 19.2 Å². The van der Waals surface area contributed by atoms with Gasteiger partial charge in [0.1, 0.15) is 5.76 Å². The summed E-state index contributed by atoms with van der Waals surface area (Å²) >= 11 is 0. The Kier molecular flexibility index (Phi) is 5.38. The molecule has 0 aliphatic carbocycles. The van der Waals surface area contributed by atoms with Gasteiger partial charge in [0.25, 0.3) is 5.91 Å². The van der Waals surface area contributed by atoms with Crippen LogP contribution in [0.2, 0.25) is 0 Å². The summed E-state index contributed by atoms with van der Waals surface area (Å²) in [6.07, 6.45) is 1.85. The smallest absolute Gasteiger partial charge is 0.251 e. The fourth-order valence-corrected chi connectivity index (χ4v) is 3.21. The van der Waals surface area contributed by atoms with Gasteiger partial charge in [-0.05, 0) is 52.7 Å². The first kappa shape index (κ1) is 18.5. The van der Waals surface area contributed by atoms with Crippen LogP contribution in [0.15, 0.2) is 89.5 Å². The third kappa shape index (κ3) is 4.52. The zero-order chi connectivity index (χ0) is 20.1. The average Bonchev–Trinajstić information content (AvgIpc) is 3.26. The Hall–Kier alpha value is -3.86. The summed E-state index contributed by atoms with van der Waals surface area (Å²) in [4.78, 5) is 24.7. The molecule has 4 aromatic rings. The maximum Gasteiger partial charge on any atom is 0.251 e. The highest BCUT2D eigenvalue weighted by Gasteiger charge is 2.09. The second-order valence-corrected chi connectivity index (χ2v) is 6.70. The van der Waals surface area contributed by atoms with E-state index in [9.17, 15) is 9.59 Å². The molecule has 0 aliphatic rings. The van der Waals surface area contributed by atoms with Crippen molar-refractivity contribution in [1.29, 1.82) is 0 Å². The summed E-state index contributed by atoms with van der Waals surface area (Å²) in [6.45, 7) is 0.329. The highest BCUT2D eigenvalue weighted by molar-refractivity contribution is 5.97. The second-order valence-electron chi connectivity index (χ2n) is 6.70. The van der Waals surface area contributed by atoms with Gasteiger partial charge in [-0.2, -0.15) is 0 Å². The Morgan fingerprint density at radius 2 is 1.62 bits per heavy atom. The molecular formula is C24H20N2O3. The van der Waals surface area contributed by atoms with Crippen molar-refractivity contribution < 1.29 is 14.0 Å². The molecule has 2 N–H and O–H groups in total. The lowest BCUT2D eigenvalue weighted by molar-refractivity contribution is -0.115. The number of nitrogens with one attached hydrogen (secondary N) is 2. The minimum Gasteiger partial charge on any atom is -0.467 e. The van der Waals surface area contributed by atoms with Gasteiger partial charge in [0.15, 0.2) is 0 Å². The molecule has 0 aliphatic heterocycles. The number of furan rings is 1. The predicted octanol–water partition coefficient (Wildman–Crippen LogP) is 4.54. The maximum absolute atomic E-state index is 12.5. The average molecular weight is 384 g/mol. The maximum atomic E-state index is 12.5. The minimum atomic E-state index is -0.199. The Morgan fingerprint density at radius 3 is 2.41 bits per heavy atom. The monoisotopic (exact) mass is 384 g/mol. The molecule has 0 atom stereocenters. The molecule has 0 saturated carbocycles. The van der Waals surface area contributed by atoms with Crippen molar-refractivity contribution in [2.45, 2.75) is 13.0 Å². The SMILES string of the molecule is O=C(Cc1cccc2ccccc12)Nc1ccc(C(=O)NCc2ccco2)cc1. The van der Waals surface area contributed by atoms with E-state index in [4.69, 9.17) is 4.42 Å². The third-order valence-corrected chi connectivity index (χ3v) is 4.67. The van der Waals surface area contributed by atoms with Gasteiger partial charge in [0.2, 0.25) is 5.91 Å². The highest BCUT2D eigenvalue weighted by atomic mass is 16.3. The standard InChI is InChI=1S/C24H20N2O3/c27-23(15-19-7-3-6-17-5-1-2-9-22(17)19)26-20-12-10-18(11-13-20)24(28)25-16-21-8-4-14-29-21/h1-14H,15-16H2,(H,25,28)(H,26,27). The van der Waals surface area contributed by atoms with Crippen LogP contribution in [0.25, 0.3) is 10.8 Å². The number of anilines is 1. The molecule has 0 saturated heterocycles. The lowest BCUT2D eigenvalue weighted by Crippen LogP contribution is -2.22. The van der Waals surface area contributed by atoms with E-state index in [-0.39, 0.29) is 18.2 Å². The van der Waals surface area contributed by atoms with Gasteiger partial charge in [0, 0.05) is 11.3 Å². The molecule has 5 nitrogen and oxygen atoms in total. The molecule has 5 heteroatoms. The van der Waals surface area contributed by atoms with Crippen molar-refractivity contribution in [2.75, 3.05) is 5.32 Å². The first-order valence-electron chi connectivity index (χ1n) is 9.36. The van der Waals surface area contributed by atoms with E-state index in [2.05, 4.69) is 10.6 Å². The number of hydrogen-bond donors (Lipinski definition) is 2. The van der Waals surface area contributed by atoms with E-state index in [1.54, 1.807) is 42.7 Å². The van der Waals surface area contributed by atoms with Crippen molar-refractivity contribution in [3.05, 3.63) is 102 Å². The van der Waals surface area contributed by atoms with Crippen LogP contribution >= 0.6 is 0 Å². The van der Waals surface area contributed by atoms with Crippen LogP contribution in [0.4, 0.5) is 5.69 Å². The van der Waals surface area contributed by atoms with Gasteiger partial charge >= 0.3 is 0 Å². The van der Waals surface area contributed by atoms with Crippen molar-refractivity contribution in [2.24, 2.45) is 0 Å². The molecule has 0 radical (unpaired) electrons. The van der Waals surface area contributed by atoms with E-state index in [0.29, 0.717) is 23.6 Å². The summed E-state index contributed by atoms with van der Waals surface area (Å²) in [5.74, 6) is 0.391. The molecule has 0 fully saturated rings. The lowest BCUT2D eigenvalue weighted by atomic mass is 10.0. The fraction of sp³-hybridized carbons (Fsp3) is 0.0833. The molecule has 0 bridgehead atoms. The van der Waals surface area contributed by atoms with Crippen LogP contribution in [0.3, 0.4) is 0 Å². The van der Waals surface area contributed by atoms with Gasteiger partial charge < -0.3 is 15.1 Å². The zero-order valence-electron chi connectivity index (χ0n) is 15.7. The number of benzene rings is 3. The topological polar surface area (TPSA) is 71.3 Å². The lowest BCUT2D eigenvalue weighted by Gasteiger charge is -2.09. The molecule has 1 heterocycles. The summed E-state index contributed by atoms with van der Waals surface area (Å²) in [6, 6.07) is 24.4. The normalized spacial score (nSPS) is 10.6. The Morgan fingerprint density at radius 1 is 0.828 bits per heavy atom. The van der Waals surface area contributed by atoms with Crippen molar-refractivity contribution in [3.63, 3.8) is 0 Å². The van der Waals surface area contributed by atoms with Crippen molar-refractivity contribution in [3.8, 4) is 0 Å². The number of amides is 2. The first-order chi connectivity index (χ1) is 14.2. The Bertz CT molecular complexity index is 1130. The number of carbonyl (C=O) groups is 2.